The van der Waals surface area contributed by atoms with Crippen LogP contribution in [0.4, 0.5) is 11.4 Å². The summed E-state index contributed by atoms with van der Waals surface area (Å²) >= 11 is 0. The van der Waals surface area contributed by atoms with E-state index in [9.17, 15) is 10.1 Å². The number of non-ortho nitro benzene ring substituents is 1. The highest BCUT2D eigenvalue weighted by Crippen LogP contribution is 2.25. The van der Waals surface area contributed by atoms with Gasteiger partial charge in [-0.15, -0.1) is 0 Å². The van der Waals surface area contributed by atoms with E-state index in [-0.39, 0.29) is 10.6 Å². The van der Waals surface area contributed by atoms with Crippen LogP contribution >= 0.6 is 0 Å². The maximum Gasteiger partial charge on any atom is 0.269 e. The van der Waals surface area contributed by atoms with E-state index in [1.165, 1.54) is 11.5 Å². The Labute approximate surface area is 127 Å². The van der Waals surface area contributed by atoms with Crippen LogP contribution in [0.2, 0.25) is 0 Å². The maximum absolute atomic E-state index is 10.4. The molecular weight excluding hydrogens is 278 g/mol. The van der Waals surface area contributed by atoms with Crippen molar-refractivity contribution in [2.45, 2.75) is 6.42 Å². The molecule has 0 bridgehead atoms. The average Bonchev–Trinajstić information content (AvgIpc) is 3.03. The number of hydrogen-bond donors (Lipinski definition) is 1. The minimum absolute atomic E-state index is 0.178. The molecule has 1 N–H and O–H groups in total. The minimum atomic E-state index is -0.362. The number of nitrogens with zero attached hydrogens (tertiary/aromatic N) is 2. The monoisotopic (exact) mass is 293 g/mol. The van der Waals surface area contributed by atoms with Gasteiger partial charge in [0.05, 0.1) is 10.4 Å². The molecule has 0 amide bonds. The lowest BCUT2D eigenvalue weighted by Crippen LogP contribution is -1.90. The van der Waals surface area contributed by atoms with E-state index >= 15 is 0 Å². The van der Waals surface area contributed by atoms with Crippen LogP contribution in [0.1, 0.15) is 5.56 Å². The van der Waals surface area contributed by atoms with Crippen LogP contribution in [0.15, 0.2) is 60.8 Å². The number of nitrogens with one attached hydrogen (secondary N) is 1. The number of para-hydroxylation sites is 1. The molecule has 0 spiro atoms. The summed E-state index contributed by atoms with van der Waals surface area (Å²) in [7, 11) is 0. The second-order valence-electron chi connectivity index (χ2n) is 4.97. The van der Waals surface area contributed by atoms with Crippen LogP contribution in [0.5, 0.6) is 0 Å². The van der Waals surface area contributed by atoms with Crippen molar-refractivity contribution < 1.29 is 4.92 Å². The first-order valence-corrected chi connectivity index (χ1v) is 7.05. The van der Waals surface area contributed by atoms with E-state index in [2.05, 4.69) is 22.4 Å². The summed E-state index contributed by atoms with van der Waals surface area (Å²) in [6.45, 7) is 0.885. The molecule has 2 heterocycles. The van der Waals surface area contributed by atoms with E-state index in [0.29, 0.717) is 0 Å². The van der Waals surface area contributed by atoms with E-state index in [4.69, 9.17) is 0 Å². The van der Waals surface area contributed by atoms with Crippen molar-refractivity contribution in [1.29, 1.82) is 0 Å². The summed E-state index contributed by atoms with van der Waals surface area (Å²) in [4.78, 5) is 14.2. The van der Waals surface area contributed by atoms with Crippen molar-refractivity contribution in [3.8, 4) is 0 Å². The largest absolute Gasteiger partial charge is 0.384 e. The zero-order chi connectivity index (χ0) is 15.4. The number of benzene rings is 2. The number of rotatable bonds is 1. The van der Waals surface area contributed by atoms with Crippen molar-refractivity contribution in [3.63, 3.8) is 0 Å². The lowest BCUT2D eigenvalue weighted by atomic mass is 10.1. The lowest BCUT2D eigenvalue weighted by Gasteiger charge is -1.97. The molecule has 1 aliphatic rings. The molecule has 2 aromatic carbocycles. The zero-order valence-electron chi connectivity index (χ0n) is 11.9. The first kappa shape index (κ1) is 14.0. The van der Waals surface area contributed by atoms with Crippen molar-refractivity contribution in [1.82, 2.24) is 4.98 Å². The molecule has 22 heavy (non-hydrogen) atoms. The molecule has 1 aromatic heterocycles. The SMILES string of the molecule is O=[N+]([O-])c1ccc2c(c1)CCN2.c1ccc2ncccc2c1. The van der Waals surface area contributed by atoms with Crippen LogP contribution in [0.3, 0.4) is 0 Å². The van der Waals surface area contributed by atoms with E-state index in [1.54, 1.807) is 12.1 Å². The van der Waals surface area contributed by atoms with Gasteiger partial charge in [0.25, 0.3) is 5.69 Å². The summed E-state index contributed by atoms with van der Waals surface area (Å²) in [6, 6.07) is 17.0. The number of nitro groups is 1. The molecule has 0 radical (unpaired) electrons. The highest BCUT2D eigenvalue weighted by molar-refractivity contribution is 5.77. The summed E-state index contributed by atoms with van der Waals surface area (Å²) < 4.78 is 0. The van der Waals surface area contributed by atoms with Gasteiger partial charge in [-0.1, -0.05) is 24.3 Å². The smallest absolute Gasteiger partial charge is 0.269 e. The van der Waals surface area contributed by atoms with Gasteiger partial charge >= 0.3 is 0 Å². The second-order valence-corrected chi connectivity index (χ2v) is 4.97. The minimum Gasteiger partial charge on any atom is -0.384 e. The third-order valence-electron chi connectivity index (χ3n) is 3.52. The first-order valence-electron chi connectivity index (χ1n) is 7.05. The topological polar surface area (TPSA) is 68.1 Å². The van der Waals surface area contributed by atoms with Crippen LogP contribution in [0, 0.1) is 10.1 Å². The number of fused-ring (bicyclic) bond motifs is 2. The molecule has 110 valence electrons. The maximum atomic E-state index is 10.4. The Hall–Kier alpha value is -2.95. The van der Waals surface area contributed by atoms with Crippen LogP contribution < -0.4 is 5.32 Å². The summed E-state index contributed by atoms with van der Waals surface area (Å²) in [5.74, 6) is 0. The molecular formula is C17H15N3O2. The first-order chi connectivity index (χ1) is 10.7. The van der Waals surface area contributed by atoms with Crippen molar-refractivity contribution >= 4 is 22.3 Å². The Morgan fingerprint density at radius 1 is 1.09 bits per heavy atom. The molecule has 5 nitrogen and oxygen atoms in total. The molecule has 0 fully saturated rings. The van der Waals surface area contributed by atoms with Crippen molar-refractivity contribution in [2.75, 3.05) is 11.9 Å². The van der Waals surface area contributed by atoms with Crippen molar-refractivity contribution in [2.24, 2.45) is 0 Å². The molecule has 1 aliphatic heterocycles. The van der Waals surface area contributed by atoms with Gasteiger partial charge in [-0.05, 0) is 30.2 Å². The van der Waals surface area contributed by atoms with Crippen LogP contribution in [-0.4, -0.2) is 16.5 Å². The Bertz CT molecular complexity index is 752. The number of pyridine rings is 1. The third kappa shape index (κ3) is 3.03. The highest BCUT2D eigenvalue weighted by atomic mass is 16.6. The van der Waals surface area contributed by atoms with Crippen LogP contribution in [0.25, 0.3) is 10.9 Å². The quantitative estimate of drug-likeness (QED) is 0.547. The zero-order valence-corrected chi connectivity index (χ0v) is 11.9. The number of anilines is 1. The number of aromatic nitrogens is 1. The van der Waals surface area contributed by atoms with Gasteiger partial charge in [-0.25, -0.2) is 0 Å². The van der Waals surface area contributed by atoms with Gasteiger partial charge in [0, 0.05) is 35.9 Å². The molecule has 5 heteroatoms. The van der Waals surface area contributed by atoms with Gasteiger partial charge in [0.15, 0.2) is 0 Å². The average molecular weight is 293 g/mol. The third-order valence-corrected chi connectivity index (χ3v) is 3.52. The van der Waals surface area contributed by atoms with Gasteiger partial charge < -0.3 is 5.32 Å². The van der Waals surface area contributed by atoms with Crippen molar-refractivity contribution in [3.05, 3.63) is 76.5 Å². The molecule has 4 rings (SSSR count). The normalized spacial score (nSPS) is 12.0. The molecule has 0 atom stereocenters. The highest BCUT2D eigenvalue weighted by Gasteiger charge is 2.13. The fraction of sp³-hybridized carbons (Fsp3) is 0.118. The Balaban J connectivity index is 0.000000133. The van der Waals surface area contributed by atoms with E-state index in [1.807, 2.05) is 30.5 Å². The molecule has 0 aliphatic carbocycles. The van der Waals surface area contributed by atoms with E-state index in [0.717, 1.165) is 29.7 Å². The fourth-order valence-electron chi connectivity index (χ4n) is 2.42. The Morgan fingerprint density at radius 3 is 2.73 bits per heavy atom. The van der Waals surface area contributed by atoms with Gasteiger partial charge in [0.2, 0.25) is 0 Å². The predicted octanol–water partition coefficient (Wildman–Crippen LogP) is 3.80. The Kier molecular flexibility index (Phi) is 3.96. The summed E-state index contributed by atoms with van der Waals surface area (Å²) in [5.41, 5.74) is 3.31. The van der Waals surface area contributed by atoms with Gasteiger partial charge in [-0.3, -0.25) is 15.1 Å². The number of nitro benzene ring substituents is 1. The molecule has 0 saturated carbocycles. The van der Waals surface area contributed by atoms with Crippen LogP contribution in [-0.2, 0) is 6.42 Å². The molecule has 0 saturated heterocycles. The second kappa shape index (κ2) is 6.22. The fourth-order valence-corrected chi connectivity index (χ4v) is 2.42. The van der Waals surface area contributed by atoms with Gasteiger partial charge in [0.1, 0.15) is 0 Å². The summed E-state index contributed by atoms with van der Waals surface area (Å²) in [5, 5.41) is 14.7. The standard InChI is InChI=1S/C9H7N.C8H8N2O2/c1-2-6-9-8(4-1)5-3-7-10-9;11-10(12)7-1-2-8-6(5-7)3-4-9-8/h1-7H;1-2,5,9H,3-4H2. The Morgan fingerprint density at radius 2 is 1.91 bits per heavy atom. The molecule has 0 unspecified atom stereocenters. The molecule has 3 aromatic rings. The summed E-state index contributed by atoms with van der Waals surface area (Å²) in [6.07, 6.45) is 2.69. The van der Waals surface area contributed by atoms with E-state index < -0.39 is 0 Å². The predicted molar refractivity (Wildman–Crippen MR) is 87.0 cm³/mol. The lowest BCUT2D eigenvalue weighted by molar-refractivity contribution is -0.384. The number of hydrogen-bond acceptors (Lipinski definition) is 4. The van der Waals surface area contributed by atoms with Gasteiger partial charge in [-0.2, -0.15) is 0 Å².